The fourth-order valence-corrected chi connectivity index (χ4v) is 1.83. The number of para-hydroxylation sites is 1. The molecule has 0 aromatic heterocycles. The van der Waals surface area contributed by atoms with Crippen molar-refractivity contribution in [1.29, 1.82) is 0 Å². The highest BCUT2D eigenvalue weighted by Crippen LogP contribution is 2.25. The number of hydrogen-bond donors (Lipinski definition) is 2. The second kappa shape index (κ2) is 6.72. The molecule has 1 aromatic rings. The Labute approximate surface area is 112 Å². The quantitative estimate of drug-likeness (QED) is 0.469. The van der Waals surface area contributed by atoms with Crippen LogP contribution in [0, 0.1) is 10.1 Å². The molecule has 3 N–H and O–H groups in total. The predicted molar refractivity (Wildman–Crippen MR) is 74.0 cm³/mol. The highest BCUT2D eigenvalue weighted by molar-refractivity contribution is 6.00. The first kappa shape index (κ1) is 14.9. The SMILES string of the molecule is CCCCC(C)NC(=O)c1cccc(N)c1[N+](=O)[O-]. The van der Waals surface area contributed by atoms with Gasteiger partial charge in [-0.25, -0.2) is 0 Å². The Morgan fingerprint density at radius 1 is 1.53 bits per heavy atom. The Morgan fingerprint density at radius 2 is 2.21 bits per heavy atom. The smallest absolute Gasteiger partial charge is 0.304 e. The molecule has 0 saturated carbocycles. The van der Waals surface area contributed by atoms with E-state index in [1.807, 2.05) is 6.92 Å². The first-order chi connectivity index (χ1) is 8.97. The Hall–Kier alpha value is -2.11. The number of nitrogens with one attached hydrogen (secondary N) is 1. The number of unbranched alkanes of at least 4 members (excludes halogenated alkanes) is 1. The van der Waals surface area contributed by atoms with Crippen LogP contribution >= 0.6 is 0 Å². The highest BCUT2D eigenvalue weighted by Gasteiger charge is 2.23. The van der Waals surface area contributed by atoms with Crippen molar-refractivity contribution in [3.8, 4) is 0 Å². The lowest BCUT2D eigenvalue weighted by Gasteiger charge is -2.13. The summed E-state index contributed by atoms with van der Waals surface area (Å²) in [5, 5.41) is 13.7. The number of rotatable bonds is 6. The topological polar surface area (TPSA) is 98.3 Å². The van der Waals surface area contributed by atoms with Gasteiger partial charge in [0.1, 0.15) is 11.3 Å². The molecule has 1 aromatic carbocycles. The van der Waals surface area contributed by atoms with E-state index in [-0.39, 0.29) is 23.0 Å². The van der Waals surface area contributed by atoms with Gasteiger partial charge in [-0.15, -0.1) is 0 Å². The summed E-state index contributed by atoms with van der Waals surface area (Å²) in [5.41, 5.74) is 5.23. The van der Waals surface area contributed by atoms with Crippen molar-refractivity contribution in [1.82, 2.24) is 5.32 Å². The molecule has 6 nitrogen and oxygen atoms in total. The maximum atomic E-state index is 12.0. The van der Waals surface area contributed by atoms with Gasteiger partial charge in [-0.3, -0.25) is 14.9 Å². The first-order valence-electron chi connectivity index (χ1n) is 6.31. The number of nitrogens with zero attached hydrogens (tertiary/aromatic N) is 1. The fraction of sp³-hybridized carbons (Fsp3) is 0.462. The van der Waals surface area contributed by atoms with Crippen molar-refractivity contribution in [2.24, 2.45) is 0 Å². The van der Waals surface area contributed by atoms with Crippen LogP contribution < -0.4 is 11.1 Å². The molecule has 0 aliphatic carbocycles. The van der Waals surface area contributed by atoms with E-state index in [1.54, 1.807) is 0 Å². The van der Waals surface area contributed by atoms with Gasteiger partial charge in [-0.2, -0.15) is 0 Å². The monoisotopic (exact) mass is 265 g/mol. The first-order valence-corrected chi connectivity index (χ1v) is 6.31. The van der Waals surface area contributed by atoms with Gasteiger partial charge < -0.3 is 11.1 Å². The minimum absolute atomic E-state index is 0.00105. The Bertz CT molecular complexity index is 474. The van der Waals surface area contributed by atoms with Crippen LogP contribution in [0.4, 0.5) is 11.4 Å². The van der Waals surface area contributed by atoms with Gasteiger partial charge in [0, 0.05) is 6.04 Å². The minimum Gasteiger partial charge on any atom is -0.393 e. The van der Waals surface area contributed by atoms with Crippen molar-refractivity contribution < 1.29 is 9.72 Å². The molecule has 1 amide bonds. The molecule has 0 aliphatic rings. The Morgan fingerprint density at radius 3 is 2.79 bits per heavy atom. The fourth-order valence-electron chi connectivity index (χ4n) is 1.83. The van der Waals surface area contributed by atoms with Crippen LogP contribution in [0.25, 0.3) is 0 Å². The molecule has 0 aliphatic heterocycles. The zero-order valence-corrected chi connectivity index (χ0v) is 11.2. The van der Waals surface area contributed by atoms with Crippen LogP contribution in [-0.4, -0.2) is 16.9 Å². The van der Waals surface area contributed by atoms with Crippen molar-refractivity contribution in [2.45, 2.75) is 39.2 Å². The molecule has 6 heteroatoms. The van der Waals surface area contributed by atoms with Crippen LogP contribution in [-0.2, 0) is 0 Å². The number of hydrogen-bond acceptors (Lipinski definition) is 4. The van der Waals surface area contributed by atoms with Crippen LogP contribution in [0.1, 0.15) is 43.5 Å². The molecule has 1 rings (SSSR count). The lowest BCUT2D eigenvalue weighted by atomic mass is 10.1. The van der Waals surface area contributed by atoms with Gasteiger partial charge in [0.05, 0.1) is 4.92 Å². The number of amides is 1. The number of carbonyl (C=O) groups excluding carboxylic acids is 1. The molecule has 19 heavy (non-hydrogen) atoms. The summed E-state index contributed by atoms with van der Waals surface area (Å²) in [4.78, 5) is 22.4. The normalized spacial score (nSPS) is 11.9. The van der Waals surface area contributed by atoms with E-state index >= 15 is 0 Å². The van der Waals surface area contributed by atoms with Crippen molar-refractivity contribution in [2.75, 3.05) is 5.73 Å². The number of nitro groups is 1. The number of nitro benzene ring substituents is 1. The maximum Gasteiger partial charge on any atom is 0.304 e. The highest BCUT2D eigenvalue weighted by atomic mass is 16.6. The van der Waals surface area contributed by atoms with Gasteiger partial charge in [-0.05, 0) is 25.5 Å². The van der Waals surface area contributed by atoms with Gasteiger partial charge in [-0.1, -0.05) is 25.8 Å². The number of anilines is 1. The van der Waals surface area contributed by atoms with Crippen LogP contribution in [0.3, 0.4) is 0 Å². The summed E-state index contributed by atoms with van der Waals surface area (Å²) in [5.74, 6) is -0.456. The molecule has 0 saturated heterocycles. The zero-order valence-electron chi connectivity index (χ0n) is 11.2. The van der Waals surface area contributed by atoms with E-state index in [2.05, 4.69) is 12.2 Å². The summed E-state index contributed by atoms with van der Waals surface area (Å²) < 4.78 is 0. The summed E-state index contributed by atoms with van der Waals surface area (Å²) >= 11 is 0. The third-order valence-corrected chi connectivity index (χ3v) is 2.86. The number of nitrogens with two attached hydrogens (primary N) is 1. The summed E-state index contributed by atoms with van der Waals surface area (Å²) in [6.07, 6.45) is 2.89. The molecule has 0 heterocycles. The Balaban J connectivity index is 2.88. The molecule has 0 fully saturated rings. The third-order valence-electron chi connectivity index (χ3n) is 2.86. The van der Waals surface area contributed by atoms with E-state index in [1.165, 1.54) is 18.2 Å². The van der Waals surface area contributed by atoms with E-state index in [0.717, 1.165) is 19.3 Å². The number of nitrogen functional groups attached to an aromatic ring is 1. The Kier molecular flexibility index (Phi) is 5.29. The summed E-state index contributed by atoms with van der Waals surface area (Å²) in [7, 11) is 0. The van der Waals surface area contributed by atoms with Gasteiger partial charge in [0.2, 0.25) is 0 Å². The lowest BCUT2D eigenvalue weighted by Crippen LogP contribution is -2.33. The van der Waals surface area contributed by atoms with Crippen LogP contribution in [0.2, 0.25) is 0 Å². The molecule has 0 spiro atoms. The van der Waals surface area contributed by atoms with E-state index < -0.39 is 10.8 Å². The zero-order chi connectivity index (χ0) is 14.4. The molecule has 0 bridgehead atoms. The second-order valence-electron chi connectivity index (χ2n) is 4.52. The average molecular weight is 265 g/mol. The average Bonchev–Trinajstić information content (AvgIpc) is 2.35. The predicted octanol–water partition coefficient (Wildman–Crippen LogP) is 2.49. The van der Waals surface area contributed by atoms with Crippen LogP contribution in [0.5, 0.6) is 0 Å². The minimum atomic E-state index is -0.624. The van der Waals surface area contributed by atoms with Gasteiger partial charge in [0.25, 0.3) is 5.91 Å². The van der Waals surface area contributed by atoms with Crippen LogP contribution in [0.15, 0.2) is 18.2 Å². The molecular weight excluding hydrogens is 246 g/mol. The van der Waals surface area contributed by atoms with Gasteiger partial charge in [0.15, 0.2) is 0 Å². The molecule has 1 atom stereocenters. The third kappa shape index (κ3) is 3.94. The number of benzene rings is 1. The van der Waals surface area contributed by atoms with E-state index in [4.69, 9.17) is 5.73 Å². The maximum absolute atomic E-state index is 12.0. The van der Waals surface area contributed by atoms with Crippen molar-refractivity contribution >= 4 is 17.3 Å². The molecular formula is C13H19N3O3. The van der Waals surface area contributed by atoms with E-state index in [0.29, 0.717) is 0 Å². The summed E-state index contributed by atoms with van der Waals surface area (Å²) in [6.45, 7) is 3.95. The van der Waals surface area contributed by atoms with E-state index in [9.17, 15) is 14.9 Å². The molecule has 1 unspecified atom stereocenters. The summed E-state index contributed by atoms with van der Waals surface area (Å²) in [6, 6.07) is 4.34. The molecule has 0 radical (unpaired) electrons. The lowest BCUT2D eigenvalue weighted by molar-refractivity contribution is -0.384. The standard InChI is InChI=1S/C13H19N3O3/c1-3-4-6-9(2)15-13(17)10-7-5-8-11(14)12(10)16(18)19/h5,7-9H,3-4,6,14H2,1-2H3,(H,15,17). The van der Waals surface area contributed by atoms with Crippen molar-refractivity contribution in [3.63, 3.8) is 0 Å². The van der Waals surface area contributed by atoms with Crippen molar-refractivity contribution in [3.05, 3.63) is 33.9 Å². The second-order valence-corrected chi connectivity index (χ2v) is 4.52. The number of carbonyl (C=O) groups is 1. The van der Waals surface area contributed by atoms with Gasteiger partial charge >= 0.3 is 5.69 Å². The largest absolute Gasteiger partial charge is 0.393 e. The molecule has 104 valence electrons.